The van der Waals surface area contributed by atoms with E-state index in [1.165, 1.54) is 6.20 Å². The van der Waals surface area contributed by atoms with Gasteiger partial charge in [0.15, 0.2) is 0 Å². The van der Waals surface area contributed by atoms with Gasteiger partial charge in [-0.05, 0) is 10.6 Å². The van der Waals surface area contributed by atoms with Gasteiger partial charge in [0.1, 0.15) is 0 Å². The Morgan fingerprint density at radius 1 is 1.62 bits per heavy atom. The van der Waals surface area contributed by atoms with Crippen LogP contribution in [0.1, 0.15) is 1.43 Å². The van der Waals surface area contributed by atoms with Crippen molar-refractivity contribution in [2.45, 2.75) is 0 Å². The van der Waals surface area contributed by atoms with Gasteiger partial charge in [-0.2, -0.15) is 0 Å². The maximum absolute atomic E-state index is 8.93. The third-order valence-corrected chi connectivity index (χ3v) is 1.09. The van der Waals surface area contributed by atoms with Gasteiger partial charge < -0.3 is 16.4 Å². The van der Waals surface area contributed by atoms with Crippen molar-refractivity contribution in [1.29, 1.82) is 0 Å². The smallest absolute Gasteiger partial charge is 0.521 e. The highest BCUT2D eigenvalue weighted by Crippen LogP contribution is 2.08. The summed E-state index contributed by atoms with van der Waals surface area (Å²) < 4.78 is 11.6. The third kappa shape index (κ3) is 5.94. The normalized spacial score (nSPS) is 9.85. The fourth-order valence-corrected chi connectivity index (χ4v) is 0.417. The van der Waals surface area contributed by atoms with Crippen molar-refractivity contribution < 1.29 is 20.8 Å². The first-order valence-corrected chi connectivity index (χ1v) is 4.08. The first-order chi connectivity index (χ1) is 6.07. The number of pyridine rings is 1. The Bertz CT molecular complexity index is 266. The van der Waals surface area contributed by atoms with Gasteiger partial charge in [-0.3, -0.25) is 4.98 Å². The molecule has 1 unspecified atom stereocenters. The van der Waals surface area contributed by atoms with Crippen LogP contribution in [0.2, 0.25) is 0 Å². The van der Waals surface area contributed by atoms with Crippen LogP contribution in [0.25, 0.3) is 0 Å². The molecule has 1 atom stereocenters. The van der Waals surface area contributed by atoms with Crippen LogP contribution in [-0.4, -0.2) is 10.2 Å². The summed E-state index contributed by atoms with van der Waals surface area (Å²) in [6.07, 6.45) is 3.13. The molecule has 0 amide bonds. The molecule has 1 rings (SSSR count). The average molecular weight is 207 g/mol. The first kappa shape index (κ1) is 11.7. The number of anilines is 2. The van der Waals surface area contributed by atoms with Gasteiger partial charge in [-0.1, -0.05) is 0 Å². The minimum atomic E-state index is -3.04. The lowest BCUT2D eigenvalue weighted by Gasteiger charge is -1.93. The third-order valence-electron chi connectivity index (χ3n) is 0.954. The van der Waals surface area contributed by atoms with Gasteiger partial charge in [0.2, 0.25) is 0 Å². The zero-order valence-corrected chi connectivity index (χ0v) is 7.35. The summed E-state index contributed by atoms with van der Waals surface area (Å²) in [7, 11) is -3.04. The minimum Gasteiger partial charge on any atom is -0.565 e. The largest absolute Gasteiger partial charge is 0.565 e. The number of aromatic nitrogens is 1. The van der Waals surface area contributed by atoms with Gasteiger partial charge in [-0.15, -0.1) is 0 Å². The molecule has 0 radical (unpaired) electrons. The predicted octanol–water partition coefficient (Wildman–Crippen LogP) is -0.0143. The minimum absolute atomic E-state index is 0. The van der Waals surface area contributed by atoms with E-state index >= 15 is 0 Å². The number of hydrogen-bond acceptors (Lipinski definition) is 7. The van der Waals surface area contributed by atoms with E-state index < -0.39 is 8.25 Å². The van der Waals surface area contributed by atoms with Crippen molar-refractivity contribution in [1.82, 2.24) is 4.98 Å². The van der Waals surface area contributed by atoms with Crippen molar-refractivity contribution in [2.75, 3.05) is 11.5 Å². The molecule has 0 saturated heterocycles. The van der Waals surface area contributed by atoms with Crippen molar-refractivity contribution in [3.63, 3.8) is 0 Å². The second kappa shape index (κ2) is 6.27. The highest BCUT2D eigenvalue weighted by atomic mass is 31.1. The number of rotatable bonds is 1. The van der Waals surface area contributed by atoms with E-state index in [0.29, 0.717) is 11.4 Å². The molecule has 0 aliphatic heterocycles. The number of nitrogen functional groups attached to an aromatic ring is 2. The van der Waals surface area contributed by atoms with Crippen molar-refractivity contribution in [3.8, 4) is 0 Å². The van der Waals surface area contributed by atoms with Crippen LogP contribution in [-0.2, 0) is 9.24 Å². The monoisotopic (exact) mass is 207 g/mol. The van der Waals surface area contributed by atoms with Crippen LogP contribution in [0.4, 0.5) is 11.4 Å². The van der Waals surface area contributed by atoms with E-state index in [1.807, 2.05) is 0 Å². The topological polar surface area (TPSA) is 135 Å². The second-order valence-corrected chi connectivity index (χ2v) is 2.42. The van der Waals surface area contributed by atoms with E-state index in [4.69, 9.17) is 26.2 Å². The molecule has 1 aromatic rings. The average Bonchev–Trinajstić information content (AvgIpc) is 2.11. The Balaban J connectivity index is 0. The van der Waals surface area contributed by atoms with E-state index in [-0.39, 0.29) is 1.43 Å². The molecule has 1 aromatic heterocycles. The number of hydrogen-bond donors (Lipinski definition) is 3. The molecule has 0 bridgehead atoms. The van der Waals surface area contributed by atoms with Crippen molar-refractivity contribution in [3.05, 3.63) is 18.5 Å². The lowest BCUT2D eigenvalue weighted by Crippen LogP contribution is -1.93. The van der Waals surface area contributed by atoms with Gasteiger partial charge in [-0.25, -0.2) is 5.26 Å². The molecule has 1 heterocycles. The van der Waals surface area contributed by atoms with Crippen LogP contribution < -0.4 is 16.4 Å². The Labute approximate surface area is 76.3 Å². The SMILES string of the molecule is Nc1ccncc1N.O=[P+]([O-])OO.[HH]. The quantitative estimate of drug-likeness (QED) is 0.334. The Morgan fingerprint density at radius 2 is 2.15 bits per heavy atom. The molecule has 0 spiro atoms. The molecule has 0 aliphatic rings. The van der Waals surface area contributed by atoms with Gasteiger partial charge >= 0.3 is 8.25 Å². The fraction of sp³-hybridized carbons (Fsp3) is 0. The Hall–Kier alpha value is -1.27. The van der Waals surface area contributed by atoms with Crippen LogP contribution in [0.15, 0.2) is 18.5 Å². The molecule has 13 heavy (non-hydrogen) atoms. The lowest BCUT2D eigenvalue weighted by molar-refractivity contribution is -0.244. The molecule has 7 nitrogen and oxygen atoms in total. The highest BCUT2D eigenvalue weighted by Gasteiger charge is 1.90. The fourth-order valence-electron chi connectivity index (χ4n) is 0.417. The molecular formula is C5H10N3O4P. The predicted molar refractivity (Wildman–Crippen MR) is 46.5 cm³/mol. The van der Waals surface area contributed by atoms with Crippen LogP contribution in [0.3, 0.4) is 0 Å². The summed E-state index contributed by atoms with van der Waals surface area (Å²) in [6, 6.07) is 1.66. The highest BCUT2D eigenvalue weighted by molar-refractivity contribution is 7.30. The number of nitrogens with zero attached hydrogens (tertiary/aromatic N) is 1. The molecule has 0 aromatic carbocycles. The van der Waals surface area contributed by atoms with Crippen LogP contribution >= 0.6 is 8.25 Å². The van der Waals surface area contributed by atoms with Crippen LogP contribution in [0, 0.1) is 0 Å². The van der Waals surface area contributed by atoms with E-state index in [0.717, 1.165) is 0 Å². The van der Waals surface area contributed by atoms with Gasteiger partial charge in [0.25, 0.3) is 0 Å². The summed E-state index contributed by atoms with van der Waals surface area (Å²) in [6.45, 7) is 0. The van der Waals surface area contributed by atoms with Gasteiger partial charge in [0.05, 0.1) is 17.6 Å². The molecule has 0 aliphatic carbocycles. The molecule has 0 saturated carbocycles. The molecule has 8 heteroatoms. The van der Waals surface area contributed by atoms with E-state index in [1.54, 1.807) is 12.3 Å². The zero-order chi connectivity index (χ0) is 10.3. The summed E-state index contributed by atoms with van der Waals surface area (Å²) >= 11 is 0. The van der Waals surface area contributed by atoms with Crippen molar-refractivity contribution >= 4 is 19.6 Å². The maximum atomic E-state index is 8.93. The lowest BCUT2D eigenvalue weighted by atomic mass is 10.4. The summed E-state index contributed by atoms with van der Waals surface area (Å²) in [5.74, 6) is 0. The van der Waals surface area contributed by atoms with Crippen molar-refractivity contribution in [2.24, 2.45) is 0 Å². The molecule has 5 N–H and O–H groups in total. The van der Waals surface area contributed by atoms with Gasteiger partial charge in [0, 0.05) is 12.3 Å². The Kier molecular flexibility index (Phi) is 5.66. The zero-order valence-electron chi connectivity index (χ0n) is 6.45. The summed E-state index contributed by atoms with van der Waals surface area (Å²) in [5, 5.41) is 7.05. The molecule has 0 fully saturated rings. The Morgan fingerprint density at radius 3 is 2.38 bits per heavy atom. The molecular weight excluding hydrogens is 197 g/mol. The maximum Gasteiger partial charge on any atom is 0.521 e. The summed E-state index contributed by atoms with van der Waals surface area (Å²) in [4.78, 5) is 12.7. The standard InChI is InChI=1S/C5H7N3.HO4P.H2/c6-4-1-2-8-3-5(4)7;1-4-5(2)3;/h1-3H,7H2,(H2,6,8);1H;1H. The second-order valence-electron chi connectivity index (χ2n) is 1.81. The van der Waals surface area contributed by atoms with Crippen LogP contribution in [0.5, 0.6) is 0 Å². The number of nitrogens with two attached hydrogens (primary N) is 2. The first-order valence-electron chi connectivity index (χ1n) is 2.98. The molecule has 74 valence electrons. The van der Waals surface area contributed by atoms with E-state index in [2.05, 4.69) is 9.66 Å². The summed E-state index contributed by atoms with van der Waals surface area (Å²) in [5.41, 5.74) is 11.8. The van der Waals surface area contributed by atoms with E-state index in [9.17, 15) is 0 Å².